The molecule has 1 fully saturated rings. The van der Waals surface area contributed by atoms with Crippen molar-refractivity contribution in [3.05, 3.63) is 65.2 Å². The summed E-state index contributed by atoms with van der Waals surface area (Å²) in [6.45, 7) is 4.48. The van der Waals surface area contributed by atoms with Crippen LogP contribution in [0.5, 0.6) is 0 Å². The molecule has 0 bridgehead atoms. The van der Waals surface area contributed by atoms with E-state index in [1.807, 2.05) is 17.0 Å². The van der Waals surface area contributed by atoms with Crippen LogP contribution in [0.3, 0.4) is 0 Å². The Kier molecular flexibility index (Phi) is 6.10. The fourth-order valence-electron chi connectivity index (χ4n) is 3.42. The Bertz CT molecular complexity index is 940. The van der Waals surface area contributed by atoms with Crippen LogP contribution in [0.25, 0.3) is 16.3 Å². The zero-order valence-electron chi connectivity index (χ0n) is 15.9. The molecule has 6 heteroatoms. The van der Waals surface area contributed by atoms with Crippen molar-refractivity contribution in [1.82, 2.24) is 9.88 Å². The maximum absolute atomic E-state index is 12.5. The number of nitrogens with one attached hydrogen (secondary N) is 1. The number of piperazine rings is 1. The van der Waals surface area contributed by atoms with E-state index in [1.54, 1.807) is 29.2 Å². The monoisotopic (exact) mass is 410 g/mol. The molecule has 1 aliphatic heterocycles. The lowest BCUT2D eigenvalue weighted by atomic mass is 10.2. The summed E-state index contributed by atoms with van der Waals surface area (Å²) in [5.41, 5.74) is 2.15. The van der Waals surface area contributed by atoms with Crippen molar-refractivity contribution in [2.45, 2.75) is 11.4 Å². The smallest absolute Gasteiger partial charge is 0.246 e. The van der Waals surface area contributed by atoms with Gasteiger partial charge in [0.15, 0.2) is 0 Å². The molecule has 1 aliphatic rings. The lowest BCUT2D eigenvalue weighted by Crippen LogP contribution is -3.13. The standard InChI is InChI=1S/C22H23N3OS2/c1-27-18-9-6-17(7-10-18)8-11-22(26)25-14-12-24(13-15-25)16-21-23-19-4-2-3-5-20(19)28-21/h2-11H,12-16H2,1H3/p+1/b11-8+. The molecule has 0 atom stereocenters. The van der Waals surface area contributed by atoms with Gasteiger partial charge in [0, 0.05) is 11.0 Å². The average Bonchev–Trinajstić information content (AvgIpc) is 3.15. The number of rotatable bonds is 5. The zero-order valence-corrected chi connectivity index (χ0v) is 17.6. The molecule has 1 N–H and O–H groups in total. The fraction of sp³-hybridized carbons (Fsp3) is 0.273. The number of nitrogens with zero attached hydrogens (tertiary/aromatic N) is 2. The molecule has 1 amide bonds. The van der Waals surface area contributed by atoms with Gasteiger partial charge >= 0.3 is 0 Å². The number of aromatic nitrogens is 1. The largest absolute Gasteiger partial charge is 0.328 e. The molecule has 0 radical (unpaired) electrons. The number of carbonyl (C=O) groups is 1. The summed E-state index contributed by atoms with van der Waals surface area (Å²) in [6, 6.07) is 16.6. The first-order chi connectivity index (χ1) is 13.7. The molecule has 144 valence electrons. The van der Waals surface area contributed by atoms with E-state index in [0.29, 0.717) is 0 Å². The number of benzene rings is 2. The normalized spacial score (nSPS) is 15.5. The SMILES string of the molecule is CSc1ccc(/C=C/C(=O)N2CC[NH+](Cc3nc4ccccc4s3)CC2)cc1. The van der Waals surface area contributed by atoms with Crippen LogP contribution in [0.2, 0.25) is 0 Å². The van der Waals surface area contributed by atoms with Crippen LogP contribution in [0.4, 0.5) is 0 Å². The first-order valence-corrected chi connectivity index (χ1v) is 11.5. The molecule has 0 aliphatic carbocycles. The Morgan fingerprint density at radius 3 is 2.64 bits per heavy atom. The molecule has 0 saturated carbocycles. The maximum Gasteiger partial charge on any atom is 0.246 e. The highest BCUT2D eigenvalue weighted by molar-refractivity contribution is 7.98. The number of carbonyl (C=O) groups excluding carboxylic acids is 1. The Morgan fingerprint density at radius 2 is 1.93 bits per heavy atom. The van der Waals surface area contributed by atoms with Crippen LogP contribution in [0, 0.1) is 0 Å². The topological polar surface area (TPSA) is 37.6 Å². The number of para-hydroxylation sites is 1. The number of hydrogen-bond donors (Lipinski definition) is 1. The highest BCUT2D eigenvalue weighted by atomic mass is 32.2. The first-order valence-electron chi connectivity index (χ1n) is 9.50. The van der Waals surface area contributed by atoms with Gasteiger partial charge in [0.2, 0.25) is 5.91 Å². The zero-order chi connectivity index (χ0) is 19.3. The van der Waals surface area contributed by atoms with Crippen LogP contribution >= 0.6 is 23.1 Å². The summed E-state index contributed by atoms with van der Waals surface area (Å²) >= 11 is 3.50. The van der Waals surface area contributed by atoms with E-state index in [9.17, 15) is 4.79 Å². The van der Waals surface area contributed by atoms with E-state index in [0.717, 1.165) is 43.8 Å². The second-order valence-electron chi connectivity index (χ2n) is 6.93. The third kappa shape index (κ3) is 4.63. The lowest BCUT2D eigenvalue weighted by molar-refractivity contribution is -0.917. The first kappa shape index (κ1) is 19.2. The number of quaternary nitrogens is 1. The van der Waals surface area contributed by atoms with Crippen molar-refractivity contribution >= 4 is 45.3 Å². The summed E-state index contributed by atoms with van der Waals surface area (Å²) in [7, 11) is 0. The number of thiazole rings is 1. The quantitative estimate of drug-likeness (QED) is 0.519. The molecule has 0 spiro atoms. The molecular weight excluding hydrogens is 386 g/mol. The van der Waals surface area contributed by atoms with E-state index in [4.69, 9.17) is 4.98 Å². The number of hydrogen-bond acceptors (Lipinski definition) is 4. The molecule has 2 heterocycles. The van der Waals surface area contributed by atoms with Crippen LogP contribution in [0.15, 0.2) is 59.5 Å². The molecule has 2 aromatic carbocycles. The third-order valence-corrected chi connectivity index (χ3v) is 6.84. The van der Waals surface area contributed by atoms with Crippen LogP contribution in [-0.4, -0.2) is 48.2 Å². The Hall–Kier alpha value is -2.15. The van der Waals surface area contributed by atoms with Gasteiger partial charge < -0.3 is 9.80 Å². The molecular formula is C22H24N3OS2+. The van der Waals surface area contributed by atoms with Crippen LogP contribution in [-0.2, 0) is 11.3 Å². The van der Waals surface area contributed by atoms with Crippen LogP contribution in [0.1, 0.15) is 10.6 Å². The van der Waals surface area contributed by atoms with Crippen molar-refractivity contribution in [1.29, 1.82) is 0 Å². The predicted molar refractivity (Wildman–Crippen MR) is 118 cm³/mol. The van der Waals surface area contributed by atoms with Gasteiger partial charge in [-0.05, 0) is 42.2 Å². The van der Waals surface area contributed by atoms with Gasteiger partial charge in [-0.3, -0.25) is 4.79 Å². The average molecular weight is 411 g/mol. The van der Waals surface area contributed by atoms with Crippen molar-refractivity contribution in [2.75, 3.05) is 32.4 Å². The second kappa shape index (κ2) is 8.90. The number of fused-ring (bicyclic) bond motifs is 1. The van der Waals surface area contributed by atoms with Crippen LogP contribution < -0.4 is 4.90 Å². The summed E-state index contributed by atoms with van der Waals surface area (Å²) < 4.78 is 1.25. The van der Waals surface area contributed by atoms with E-state index in [-0.39, 0.29) is 5.91 Å². The fourth-order valence-corrected chi connectivity index (χ4v) is 4.86. The summed E-state index contributed by atoms with van der Waals surface area (Å²) in [5.74, 6) is 0.105. The summed E-state index contributed by atoms with van der Waals surface area (Å²) in [4.78, 5) is 21.9. The van der Waals surface area contributed by atoms with Gasteiger partial charge in [-0.1, -0.05) is 24.3 Å². The van der Waals surface area contributed by atoms with Gasteiger partial charge in [-0.25, -0.2) is 4.98 Å². The number of thioether (sulfide) groups is 1. The van der Waals surface area contributed by atoms with E-state index >= 15 is 0 Å². The summed E-state index contributed by atoms with van der Waals surface area (Å²) in [6.07, 6.45) is 5.67. The molecule has 0 unspecified atom stereocenters. The highest BCUT2D eigenvalue weighted by Gasteiger charge is 2.23. The van der Waals surface area contributed by atoms with Gasteiger partial charge in [0.1, 0.15) is 11.6 Å². The van der Waals surface area contributed by atoms with E-state index < -0.39 is 0 Å². The van der Waals surface area contributed by atoms with Crippen molar-refractivity contribution < 1.29 is 9.69 Å². The predicted octanol–water partition coefficient (Wildman–Crippen LogP) is 2.96. The minimum atomic E-state index is 0.105. The number of amides is 1. The molecule has 4 nitrogen and oxygen atoms in total. The minimum Gasteiger partial charge on any atom is -0.328 e. The Labute approximate surface area is 173 Å². The molecule has 3 aromatic rings. The highest BCUT2D eigenvalue weighted by Crippen LogP contribution is 2.20. The van der Waals surface area contributed by atoms with E-state index in [1.165, 1.54) is 19.5 Å². The van der Waals surface area contributed by atoms with Gasteiger partial charge in [-0.2, -0.15) is 0 Å². The maximum atomic E-state index is 12.5. The Balaban J connectivity index is 1.29. The summed E-state index contributed by atoms with van der Waals surface area (Å²) in [5, 5.41) is 1.18. The minimum absolute atomic E-state index is 0.105. The molecule has 28 heavy (non-hydrogen) atoms. The molecule has 1 saturated heterocycles. The van der Waals surface area contributed by atoms with E-state index in [2.05, 4.69) is 48.7 Å². The molecule has 1 aromatic heterocycles. The lowest BCUT2D eigenvalue weighted by Gasteiger charge is -2.31. The third-order valence-electron chi connectivity index (χ3n) is 5.06. The molecule has 4 rings (SSSR count). The van der Waals surface area contributed by atoms with Crippen molar-refractivity contribution in [3.63, 3.8) is 0 Å². The Morgan fingerprint density at radius 1 is 1.18 bits per heavy atom. The van der Waals surface area contributed by atoms with Gasteiger partial charge in [0.25, 0.3) is 0 Å². The van der Waals surface area contributed by atoms with Crippen molar-refractivity contribution in [2.24, 2.45) is 0 Å². The van der Waals surface area contributed by atoms with Gasteiger partial charge in [-0.15, -0.1) is 23.1 Å². The second-order valence-corrected chi connectivity index (χ2v) is 8.93. The van der Waals surface area contributed by atoms with Crippen molar-refractivity contribution in [3.8, 4) is 0 Å². The van der Waals surface area contributed by atoms with Gasteiger partial charge in [0.05, 0.1) is 36.4 Å².